The first-order valence-corrected chi connectivity index (χ1v) is 6.81. The van der Waals surface area contributed by atoms with Gasteiger partial charge in [0.05, 0.1) is 0 Å². The summed E-state index contributed by atoms with van der Waals surface area (Å²) >= 11 is 3.11. The van der Waals surface area contributed by atoms with Crippen molar-refractivity contribution < 1.29 is 13.2 Å². The molecule has 1 N–H and O–H groups in total. The van der Waals surface area contributed by atoms with E-state index in [0.29, 0.717) is 5.69 Å². The summed E-state index contributed by atoms with van der Waals surface area (Å²) in [5.41, 5.74) is 0.707. The zero-order valence-corrected chi connectivity index (χ0v) is 12.1. The smallest absolute Gasteiger partial charge is 0.195 e. The van der Waals surface area contributed by atoms with Crippen LogP contribution in [0.25, 0.3) is 10.8 Å². The molecule has 3 aromatic rings. The molecule has 0 fully saturated rings. The Balaban J connectivity index is 2.23. The van der Waals surface area contributed by atoms with Gasteiger partial charge in [-0.05, 0) is 34.1 Å². The first-order valence-electron chi connectivity index (χ1n) is 6.01. The van der Waals surface area contributed by atoms with E-state index in [1.807, 2.05) is 18.2 Å². The minimum atomic E-state index is -1.50. The molecular weight excluding hydrogens is 345 g/mol. The Labute approximate surface area is 126 Å². The van der Waals surface area contributed by atoms with E-state index in [1.54, 1.807) is 12.1 Å². The number of hydrogen-bond donors (Lipinski definition) is 1. The Morgan fingerprint density at radius 2 is 1.71 bits per heavy atom. The molecule has 2 nitrogen and oxygen atoms in total. The molecule has 0 aliphatic carbocycles. The van der Waals surface area contributed by atoms with E-state index in [9.17, 15) is 13.2 Å². The molecule has 21 heavy (non-hydrogen) atoms. The van der Waals surface area contributed by atoms with Crippen molar-refractivity contribution in [2.45, 2.75) is 0 Å². The molecule has 0 bridgehead atoms. The molecule has 0 spiro atoms. The highest BCUT2D eigenvalue weighted by Gasteiger charge is 2.18. The van der Waals surface area contributed by atoms with E-state index in [0.717, 1.165) is 6.07 Å². The van der Waals surface area contributed by atoms with Gasteiger partial charge in [-0.3, -0.25) is 0 Å². The van der Waals surface area contributed by atoms with Gasteiger partial charge in [0, 0.05) is 27.1 Å². The molecule has 1 heterocycles. The van der Waals surface area contributed by atoms with E-state index < -0.39 is 17.5 Å². The predicted octanol–water partition coefficient (Wildman–Crippen LogP) is 5.16. The summed E-state index contributed by atoms with van der Waals surface area (Å²) in [6.07, 6.45) is 1.34. The maximum absolute atomic E-state index is 13.9. The summed E-state index contributed by atoms with van der Waals surface area (Å²) in [5, 5.41) is 3.06. The second kappa shape index (κ2) is 5.37. The van der Waals surface area contributed by atoms with Crippen molar-refractivity contribution in [3.05, 3.63) is 64.5 Å². The molecule has 3 rings (SSSR count). The van der Waals surface area contributed by atoms with E-state index in [-0.39, 0.29) is 21.1 Å². The lowest BCUT2D eigenvalue weighted by Crippen LogP contribution is -1.99. The van der Waals surface area contributed by atoms with Gasteiger partial charge in [0.2, 0.25) is 0 Å². The zero-order chi connectivity index (χ0) is 15.0. The van der Waals surface area contributed by atoms with Crippen molar-refractivity contribution in [1.29, 1.82) is 0 Å². The van der Waals surface area contributed by atoms with Crippen LogP contribution < -0.4 is 5.32 Å². The van der Waals surface area contributed by atoms with Gasteiger partial charge in [0.15, 0.2) is 17.5 Å². The number of hydrogen-bond acceptors (Lipinski definition) is 2. The van der Waals surface area contributed by atoms with Gasteiger partial charge in [0.25, 0.3) is 0 Å². The Morgan fingerprint density at radius 3 is 2.43 bits per heavy atom. The van der Waals surface area contributed by atoms with Crippen LogP contribution in [0.5, 0.6) is 0 Å². The number of anilines is 2. The van der Waals surface area contributed by atoms with Crippen LogP contribution in [-0.4, -0.2) is 4.98 Å². The van der Waals surface area contributed by atoms with Gasteiger partial charge in [-0.25, -0.2) is 18.2 Å². The molecule has 0 aliphatic heterocycles. The Morgan fingerprint density at radius 1 is 1.00 bits per heavy atom. The normalized spacial score (nSPS) is 10.9. The monoisotopic (exact) mass is 352 g/mol. The molecule has 0 aliphatic rings. The maximum Gasteiger partial charge on any atom is 0.195 e. The summed E-state index contributed by atoms with van der Waals surface area (Å²) in [5.74, 6) is -3.75. The van der Waals surface area contributed by atoms with Crippen LogP contribution in [0.3, 0.4) is 0 Å². The highest BCUT2D eigenvalue weighted by Crippen LogP contribution is 2.33. The predicted molar refractivity (Wildman–Crippen MR) is 79.0 cm³/mol. The average Bonchev–Trinajstić information content (AvgIpc) is 2.48. The molecule has 1 aromatic heterocycles. The third kappa shape index (κ3) is 2.47. The van der Waals surface area contributed by atoms with Gasteiger partial charge >= 0.3 is 0 Å². The number of halogens is 4. The lowest BCUT2D eigenvalue weighted by atomic mass is 10.1. The van der Waals surface area contributed by atoms with Crippen molar-refractivity contribution in [2.24, 2.45) is 0 Å². The molecule has 0 radical (unpaired) electrons. The summed E-state index contributed by atoms with van der Waals surface area (Å²) < 4.78 is 41.1. The van der Waals surface area contributed by atoms with Crippen molar-refractivity contribution in [3.63, 3.8) is 0 Å². The van der Waals surface area contributed by atoms with Crippen LogP contribution in [-0.2, 0) is 0 Å². The topological polar surface area (TPSA) is 24.9 Å². The van der Waals surface area contributed by atoms with Crippen LogP contribution in [0, 0.1) is 17.5 Å². The fraction of sp³-hybridized carbons (Fsp3) is 0. The third-order valence-corrected chi connectivity index (χ3v) is 3.60. The fourth-order valence-electron chi connectivity index (χ4n) is 2.03. The first kappa shape index (κ1) is 13.9. The van der Waals surface area contributed by atoms with Crippen LogP contribution in [0.1, 0.15) is 0 Å². The number of benzene rings is 2. The lowest BCUT2D eigenvalue weighted by Gasteiger charge is -2.11. The number of aromatic nitrogens is 1. The molecular formula is C15H8BrF3N2. The Bertz CT molecular complexity index is 822. The van der Waals surface area contributed by atoms with E-state index in [1.165, 1.54) is 6.20 Å². The van der Waals surface area contributed by atoms with Gasteiger partial charge < -0.3 is 5.32 Å². The maximum atomic E-state index is 13.9. The molecule has 0 unspecified atom stereocenters. The molecule has 0 saturated heterocycles. The highest BCUT2D eigenvalue weighted by molar-refractivity contribution is 9.10. The number of rotatable bonds is 2. The van der Waals surface area contributed by atoms with Crippen molar-refractivity contribution in [1.82, 2.24) is 4.98 Å². The van der Waals surface area contributed by atoms with Crippen molar-refractivity contribution >= 4 is 38.2 Å². The van der Waals surface area contributed by atoms with Crippen LogP contribution in [0.15, 0.2) is 47.1 Å². The highest BCUT2D eigenvalue weighted by atomic mass is 79.9. The Kier molecular flexibility index (Phi) is 3.55. The fourth-order valence-corrected chi connectivity index (χ4v) is 2.52. The van der Waals surface area contributed by atoms with E-state index >= 15 is 0 Å². The minimum absolute atomic E-state index is 0.0534. The molecule has 2 aromatic carbocycles. The average molecular weight is 353 g/mol. The molecule has 0 saturated carbocycles. The number of nitrogens with zero attached hydrogens (tertiary/aromatic N) is 1. The van der Waals surface area contributed by atoms with E-state index in [4.69, 9.17) is 0 Å². The SMILES string of the molecule is Fc1cc2c(Nc3ccccc3)ncc(Br)c2c(F)c1F. The van der Waals surface area contributed by atoms with Crippen molar-refractivity contribution in [2.75, 3.05) is 5.32 Å². The number of nitrogens with one attached hydrogen (secondary N) is 1. The molecule has 0 atom stereocenters. The molecule has 106 valence electrons. The molecule has 6 heteroatoms. The molecule has 0 amide bonds. The summed E-state index contributed by atoms with van der Waals surface area (Å²) in [6, 6.07) is 9.95. The van der Waals surface area contributed by atoms with Crippen LogP contribution in [0.4, 0.5) is 24.7 Å². The van der Waals surface area contributed by atoms with E-state index in [2.05, 4.69) is 26.2 Å². The number of para-hydroxylation sites is 1. The number of pyridine rings is 1. The first-order chi connectivity index (χ1) is 10.1. The quantitative estimate of drug-likeness (QED) is 0.644. The van der Waals surface area contributed by atoms with Crippen LogP contribution >= 0.6 is 15.9 Å². The van der Waals surface area contributed by atoms with Gasteiger partial charge in [-0.2, -0.15) is 0 Å². The van der Waals surface area contributed by atoms with Crippen molar-refractivity contribution in [3.8, 4) is 0 Å². The summed E-state index contributed by atoms with van der Waals surface area (Å²) in [7, 11) is 0. The third-order valence-electron chi connectivity index (χ3n) is 3.00. The number of fused-ring (bicyclic) bond motifs is 1. The second-order valence-corrected chi connectivity index (χ2v) is 5.21. The lowest BCUT2D eigenvalue weighted by molar-refractivity contribution is 0.453. The largest absolute Gasteiger partial charge is 0.340 e. The van der Waals surface area contributed by atoms with Gasteiger partial charge in [-0.1, -0.05) is 18.2 Å². The zero-order valence-electron chi connectivity index (χ0n) is 10.5. The van der Waals surface area contributed by atoms with Crippen LogP contribution in [0.2, 0.25) is 0 Å². The Hall–Kier alpha value is -2.08. The minimum Gasteiger partial charge on any atom is -0.340 e. The van der Waals surface area contributed by atoms with Gasteiger partial charge in [0.1, 0.15) is 5.82 Å². The summed E-state index contributed by atoms with van der Waals surface area (Å²) in [6.45, 7) is 0. The standard InChI is InChI=1S/C15H8BrF3N2/c16-10-7-20-15(21-8-4-2-1-3-5-8)9-6-11(17)13(18)14(19)12(9)10/h1-7H,(H,20,21). The van der Waals surface area contributed by atoms with Gasteiger partial charge in [-0.15, -0.1) is 0 Å². The summed E-state index contributed by atoms with van der Waals surface area (Å²) in [4.78, 5) is 4.10. The second-order valence-electron chi connectivity index (χ2n) is 4.35.